The van der Waals surface area contributed by atoms with Crippen molar-refractivity contribution in [2.75, 3.05) is 6.67 Å². The minimum atomic E-state index is -4.53. The molecular weight excluding hydrogens is 202 g/mol. The van der Waals surface area contributed by atoms with E-state index in [1.807, 2.05) is 0 Å². The Kier molecular flexibility index (Phi) is 3.10. The maximum Gasteiger partial charge on any atom is 0.435 e. The molecule has 0 fully saturated rings. The molecule has 1 rings (SSSR count). The smallest absolute Gasteiger partial charge is 0.326 e. The van der Waals surface area contributed by atoms with Crippen LogP contribution in [-0.2, 0) is 19.3 Å². The molecule has 0 radical (unpaired) electrons. The molecular formula is C7H9F4N3. The monoisotopic (exact) mass is 211 g/mol. The van der Waals surface area contributed by atoms with Crippen molar-refractivity contribution in [2.24, 2.45) is 5.73 Å². The van der Waals surface area contributed by atoms with E-state index in [1.165, 1.54) is 0 Å². The molecule has 1 heterocycles. The van der Waals surface area contributed by atoms with Gasteiger partial charge >= 0.3 is 6.18 Å². The highest BCUT2D eigenvalue weighted by molar-refractivity contribution is 5.19. The number of alkyl halides is 4. The first-order valence-corrected chi connectivity index (χ1v) is 3.88. The zero-order valence-electron chi connectivity index (χ0n) is 7.18. The van der Waals surface area contributed by atoms with Crippen LogP contribution in [0.3, 0.4) is 0 Å². The van der Waals surface area contributed by atoms with Crippen LogP contribution in [0.25, 0.3) is 0 Å². The fraction of sp³-hybridized carbons (Fsp3) is 0.571. The van der Waals surface area contributed by atoms with E-state index in [9.17, 15) is 17.6 Å². The molecule has 14 heavy (non-hydrogen) atoms. The van der Waals surface area contributed by atoms with Crippen LogP contribution in [0, 0.1) is 0 Å². The highest BCUT2D eigenvalue weighted by Crippen LogP contribution is 2.30. The lowest BCUT2D eigenvalue weighted by Crippen LogP contribution is -2.11. The van der Waals surface area contributed by atoms with Crippen molar-refractivity contribution in [3.8, 4) is 0 Å². The van der Waals surface area contributed by atoms with E-state index in [2.05, 4.69) is 5.10 Å². The fourth-order valence-electron chi connectivity index (χ4n) is 1.05. The Balaban J connectivity index is 3.02. The molecule has 3 nitrogen and oxygen atoms in total. The highest BCUT2D eigenvalue weighted by atomic mass is 19.4. The Morgan fingerprint density at radius 3 is 2.43 bits per heavy atom. The van der Waals surface area contributed by atoms with E-state index < -0.39 is 18.5 Å². The lowest BCUT2D eigenvalue weighted by atomic mass is 10.2. The van der Waals surface area contributed by atoms with Gasteiger partial charge in [-0.1, -0.05) is 0 Å². The van der Waals surface area contributed by atoms with Crippen molar-refractivity contribution in [3.05, 3.63) is 17.5 Å². The molecule has 0 amide bonds. The average molecular weight is 211 g/mol. The normalized spacial score (nSPS) is 12.1. The molecule has 0 aliphatic carbocycles. The van der Waals surface area contributed by atoms with Crippen molar-refractivity contribution >= 4 is 0 Å². The molecule has 0 aliphatic heterocycles. The summed E-state index contributed by atoms with van der Waals surface area (Å²) in [6.45, 7) is -1.22. The van der Waals surface area contributed by atoms with Crippen molar-refractivity contribution < 1.29 is 17.6 Å². The second-order valence-corrected chi connectivity index (χ2v) is 2.66. The van der Waals surface area contributed by atoms with Gasteiger partial charge in [0.15, 0.2) is 5.69 Å². The lowest BCUT2D eigenvalue weighted by molar-refractivity contribution is -0.142. The van der Waals surface area contributed by atoms with E-state index in [0.29, 0.717) is 0 Å². The predicted octanol–water partition coefficient (Wildman–Crippen LogP) is 1.33. The third-order valence-electron chi connectivity index (χ3n) is 1.64. The maximum atomic E-state index is 12.3. The summed E-state index contributed by atoms with van der Waals surface area (Å²) in [4.78, 5) is 0. The third kappa shape index (κ3) is 2.22. The van der Waals surface area contributed by atoms with Gasteiger partial charge < -0.3 is 5.73 Å². The molecule has 0 bridgehead atoms. The van der Waals surface area contributed by atoms with Crippen molar-refractivity contribution in [1.82, 2.24) is 9.78 Å². The predicted molar refractivity (Wildman–Crippen MR) is 41.1 cm³/mol. The lowest BCUT2D eigenvalue weighted by Gasteiger charge is -2.03. The summed E-state index contributed by atoms with van der Waals surface area (Å²) >= 11 is 0. The van der Waals surface area contributed by atoms with Crippen LogP contribution >= 0.6 is 0 Å². The second-order valence-electron chi connectivity index (χ2n) is 2.66. The molecule has 0 atom stereocenters. The summed E-state index contributed by atoms with van der Waals surface area (Å²) in [5, 5.41) is 3.21. The SMILES string of the molecule is NCc1cn(CCF)nc1C(F)(F)F. The fourth-order valence-corrected chi connectivity index (χ4v) is 1.05. The van der Waals surface area contributed by atoms with Gasteiger partial charge in [0, 0.05) is 18.3 Å². The molecule has 7 heteroatoms. The molecule has 1 aromatic heterocycles. The van der Waals surface area contributed by atoms with E-state index in [1.54, 1.807) is 0 Å². The number of nitrogens with zero attached hydrogens (tertiary/aromatic N) is 2. The molecule has 0 saturated carbocycles. The zero-order chi connectivity index (χ0) is 10.8. The van der Waals surface area contributed by atoms with Crippen LogP contribution in [0.4, 0.5) is 17.6 Å². The van der Waals surface area contributed by atoms with Gasteiger partial charge in [0.2, 0.25) is 0 Å². The quantitative estimate of drug-likeness (QED) is 0.766. The first-order valence-electron chi connectivity index (χ1n) is 3.88. The average Bonchev–Trinajstić information content (AvgIpc) is 2.47. The number of hydrogen-bond acceptors (Lipinski definition) is 2. The number of aromatic nitrogens is 2. The largest absolute Gasteiger partial charge is 0.435 e. The molecule has 80 valence electrons. The molecule has 1 aromatic rings. The van der Waals surface area contributed by atoms with Gasteiger partial charge in [-0.25, -0.2) is 4.39 Å². The van der Waals surface area contributed by atoms with Gasteiger partial charge in [0.25, 0.3) is 0 Å². The van der Waals surface area contributed by atoms with Gasteiger partial charge in [0.1, 0.15) is 6.67 Å². The van der Waals surface area contributed by atoms with E-state index in [-0.39, 0.29) is 18.7 Å². The Morgan fingerprint density at radius 1 is 1.43 bits per heavy atom. The zero-order valence-corrected chi connectivity index (χ0v) is 7.18. The first kappa shape index (κ1) is 11.0. The van der Waals surface area contributed by atoms with Gasteiger partial charge in [-0.2, -0.15) is 18.3 Å². The molecule has 0 spiro atoms. The Hall–Kier alpha value is -1.11. The number of rotatable bonds is 3. The summed E-state index contributed by atoms with van der Waals surface area (Å²) in [5.41, 5.74) is 3.96. The van der Waals surface area contributed by atoms with Crippen LogP contribution < -0.4 is 5.73 Å². The molecule has 0 aromatic carbocycles. The van der Waals surface area contributed by atoms with Gasteiger partial charge in [0.05, 0.1) is 6.54 Å². The summed E-state index contributed by atoms with van der Waals surface area (Å²) in [6, 6.07) is 0. The van der Waals surface area contributed by atoms with Crippen molar-refractivity contribution in [2.45, 2.75) is 19.3 Å². The van der Waals surface area contributed by atoms with E-state index in [4.69, 9.17) is 5.73 Å². The molecule has 0 aliphatic rings. The maximum absolute atomic E-state index is 12.3. The Labute approximate surface area is 77.5 Å². The van der Waals surface area contributed by atoms with Gasteiger partial charge in [-0.3, -0.25) is 4.68 Å². The third-order valence-corrected chi connectivity index (χ3v) is 1.64. The van der Waals surface area contributed by atoms with Gasteiger partial charge in [-0.15, -0.1) is 0 Å². The molecule has 2 N–H and O–H groups in total. The summed E-state index contributed by atoms with van der Waals surface area (Å²) in [6.07, 6.45) is -3.42. The van der Waals surface area contributed by atoms with Crippen molar-refractivity contribution in [1.29, 1.82) is 0 Å². The summed E-state index contributed by atoms with van der Waals surface area (Å²) in [7, 11) is 0. The number of nitrogens with two attached hydrogens (primary N) is 1. The van der Waals surface area contributed by atoms with E-state index >= 15 is 0 Å². The summed E-state index contributed by atoms with van der Waals surface area (Å²) in [5.74, 6) is 0. The second kappa shape index (κ2) is 3.95. The Morgan fingerprint density at radius 2 is 2.07 bits per heavy atom. The summed E-state index contributed by atoms with van der Waals surface area (Å²) < 4.78 is 49.5. The van der Waals surface area contributed by atoms with Gasteiger partial charge in [-0.05, 0) is 0 Å². The molecule has 0 unspecified atom stereocenters. The van der Waals surface area contributed by atoms with Crippen LogP contribution in [0.5, 0.6) is 0 Å². The van der Waals surface area contributed by atoms with Crippen LogP contribution in [0.1, 0.15) is 11.3 Å². The minimum Gasteiger partial charge on any atom is -0.326 e. The first-order chi connectivity index (χ1) is 6.49. The van der Waals surface area contributed by atoms with E-state index in [0.717, 1.165) is 10.9 Å². The topological polar surface area (TPSA) is 43.8 Å². The standard InChI is InChI=1S/C7H9F4N3/c8-1-2-14-4-5(3-12)6(13-14)7(9,10)11/h4H,1-3,12H2. The van der Waals surface area contributed by atoms with Crippen molar-refractivity contribution in [3.63, 3.8) is 0 Å². The molecule has 0 saturated heterocycles. The van der Waals surface area contributed by atoms with Crippen LogP contribution in [-0.4, -0.2) is 16.5 Å². The Bertz CT molecular complexity index is 304. The van der Waals surface area contributed by atoms with Crippen LogP contribution in [0.2, 0.25) is 0 Å². The number of aryl methyl sites for hydroxylation is 1. The minimum absolute atomic E-state index is 0.119. The number of halogens is 4. The highest BCUT2D eigenvalue weighted by Gasteiger charge is 2.36. The number of hydrogen-bond donors (Lipinski definition) is 1. The van der Waals surface area contributed by atoms with Crippen LogP contribution in [0.15, 0.2) is 6.20 Å².